The molecule has 1 amide bonds. The fraction of sp³-hybridized carbons (Fsp3) is 0.308. The molecule has 1 saturated heterocycles. The molecule has 1 aliphatic rings. The molecule has 0 bridgehead atoms. The second-order valence-electron chi connectivity index (χ2n) is 4.53. The van der Waals surface area contributed by atoms with Gasteiger partial charge in [0.15, 0.2) is 0 Å². The zero-order valence-corrected chi connectivity index (χ0v) is 10.9. The van der Waals surface area contributed by atoms with Crippen molar-refractivity contribution >= 4 is 28.4 Å². The Morgan fingerprint density at radius 3 is 3.16 bits per heavy atom. The highest BCUT2D eigenvalue weighted by Crippen LogP contribution is 2.20. The molecule has 2 N–H and O–H groups in total. The van der Waals surface area contributed by atoms with Gasteiger partial charge in [0.25, 0.3) is 5.91 Å². The molecule has 1 atom stereocenters. The van der Waals surface area contributed by atoms with Gasteiger partial charge in [0.2, 0.25) is 5.82 Å². The fourth-order valence-electron chi connectivity index (χ4n) is 2.16. The predicted octanol–water partition coefficient (Wildman–Crippen LogP) is 1.37. The summed E-state index contributed by atoms with van der Waals surface area (Å²) in [6.07, 6.45) is 2.53. The highest BCUT2D eigenvalue weighted by Gasteiger charge is 2.19. The average molecular weight is 277 g/mol. The van der Waals surface area contributed by atoms with E-state index in [-0.39, 0.29) is 17.8 Å². The number of hydrogen-bond donors (Lipinski definition) is 2. The van der Waals surface area contributed by atoms with Crippen molar-refractivity contribution in [2.24, 2.45) is 0 Å². The number of aromatic nitrogens is 2. The Hall–Kier alpha value is -1.72. The highest BCUT2D eigenvalue weighted by atomic mass is 35.5. The summed E-state index contributed by atoms with van der Waals surface area (Å²) in [7, 11) is 0. The molecule has 3 rings (SSSR count). The summed E-state index contributed by atoms with van der Waals surface area (Å²) < 4.78 is 0. The standard InChI is InChI=1S/C13H13ClN4O/c14-10-2-1-3-11-9(10)7-16-12(18-11)13(19)17-8-4-5-15-6-8/h1-3,7-8,15H,4-6H2,(H,17,19). The molecule has 2 heterocycles. The Morgan fingerprint density at radius 2 is 2.37 bits per heavy atom. The van der Waals surface area contributed by atoms with Crippen molar-refractivity contribution in [2.45, 2.75) is 12.5 Å². The number of amides is 1. The minimum absolute atomic E-state index is 0.158. The monoisotopic (exact) mass is 276 g/mol. The fourth-order valence-corrected chi connectivity index (χ4v) is 2.38. The van der Waals surface area contributed by atoms with Crippen molar-refractivity contribution in [2.75, 3.05) is 13.1 Å². The van der Waals surface area contributed by atoms with E-state index in [1.165, 1.54) is 0 Å². The summed E-state index contributed by atoms with van der Waals surface area (Å²) in [6, 6.07) is 5.56. The second-order valence-corrected chi connectivity index (χ2v) is 4.94. The van der Waals surface area contributed by atoms with E-state index in [4.69, 9.17) is 11.6 Å². The Bertz CT molecular complexity index is 625. The van der Waals surface area contributed by atoms with Gasteiger partial charge in [-0.05, 0) is 25.1 Å². The lowest BCUT2D eigenvalue weighted by Gasteiger charge is -2.10. The topological polar surface area (TPSA) is 66.9 Å². The molecule has 1 unspecified atom stereocenters. The Balaban J connectivity index is 1.86. The van der Waals surface area contributed by atoms with Crippen LogP contribution in [0.15, 0.2) is 24.4 Å². The van der Waals surface area contributed by atoms with E-state index < -0.39 is 0 Å². The lowest BCUT2D eigenvalue weighted by Crippen LogP contribution is -2.37. The number of hydrogen-bond acceptors (Lipinski definition) is 4. The van der Waals surface area contributed by atoms with Crippen LogP contribution in [0.5, 0.6) is 0 Å². The van der Waals surface area contributed by atoms with Crippen LogP contribution in [0.1, 0.15) is 17.0 Å². The largest absolute Gasteiger partial charge is 0.345 e. The first-order valence-corrected chi connectivity index (χ1v) is 6.55. The molecule has 2 aromatic rings. The van der Waals surface area contributed by atoms with Crippen molar-refractivity contribution in [1.82, 2.24) is 20.6 Å². The van der Waals surface area contributed by atoms with E-state index in [0.29, 0.717) is 10.5 Å². The van der Waals surface area contributed by atoms with Gasteiger partial charge < -0.3 is 10.6 Å². The SMILES string of the molecule is O=C(NC1CCNC1)c1ncc2c(Cl)cccc2n1. The van der Waals surface area contributed by atoms with E-state index in [9.17, 15) is 4.79 Å². The molecular weight excluding hydrogens is 264 g/mol. The van der Waals surface area contributed by atoms with Crippen LogP contribution in [0.4, 0.5) is 0 Å². The first-order valence-electron chi connectivity index (χ1n) is 6.17. The summed E-state index contributed by atoms with van der Waals surface area (Å²) in [6.45, 7) is 1.73. The molecule has 6 heteroatoms. The molecule has 5 nitrogen and oxygen atoms in total. The lowest BCUT2D eigenvalue weighted by atomic mass is 10.2. The minimum Gasteiger partial charge on any atom is -0.345 e. The van der Waals surface area contributed by atoms with Crippen LogP contribution in [0, 0.1) is 0 Å². The number of fused-ring (bicyclic) bond motifs is 1. The summed E-state index contributed by atoms with van der Waals surface area (Å²) in [5.41, 5.74) is 0.678. The molecule has 19 heavy (non-hydrogen) atoms. The molecular formula is C13H13ClN4O. The third kappa shape index (κ3) is 2.52. The molecule has 1 aliphatic heterocycles. The van der Waals surface area contributed by atoms with E-state index in [1.807, 2.05) is 6.07 Å². The molecule has 0 spiro atoms. The smallest absolute Gasteiger partial charge is 0.289 e. The Kier molecular flexibility index (Phi) is 3.31. The van der Waals surface area contributed by atoms with Gasteiger partial charge in [0.05, 0.1) is 10.5 Å². The lowest BCUT2D eigenvalue weighted by molar-refractivity contribution is 0.0930. The summed E-state index contributed by atoms with van der Waals surface area (Å²) in [4.78, 5) is 20.4. The van der Waals surface area contributed by atoms with E-state index in [1.54, 1.807) is 18.3 Å². The van der Waals surface area contributed by atoms with Crippen LogP contribution < -0.4 is 10.6 Å². The molecule has 1 aromatic heterocycles. The average Bonchev–Trinajstić information content (AvgIpc) is 2.91. The van der Waals surface area contributed by atoms with Gasteiger partial charge in [-0.25, -0.2) is 9.97 Å². The molecule has 98 valence electrons. The minimum atomic E-state index is -0.240. The highest BCUT2D eigenvalue weighted by molar-refractivity contribution is 6.35. The third-order valence-corrected chi connectivity index (χ3v) is 3.50. The normalized spacial score (nSPS) is 18.7. The summed E-state index contributed by atoms with van der Waals surface area (Å²) >= 11 is 6.04. The first kappa shape index (κ1) is 12.3. The maximum Gasteiger partial charge on any atom is 0.289 e. The van der Waals surface area contributed by atoms with Crippen LogP contribution in [-0.4, -0.2) is 35.0 Å². The van der Waals surface area contributed by atoms with Crippen molar-refractivity contribution in [3.63, 3.8) is 0 Å². The zero-order valence-electron chi connectivity index (χ0n) is 10.2. The Labute approximate surface area is 115 Å². The Morgan fingerprint density at radius 1 is 1.47 bits per heavy atom. The summed E-state index contributed by atoms with van der Waals surface area (Å²) in [5, 5.41) is 7.45. The van der Waals surface area contributed by atoms with Crippen LogP contribution in [0.2, 0.25) is 5.02 Å². The van der Waals surface area contributed by atoms with Gasteiger partial charge in [-0.3, -0.25) is 4.79 Å². The van der Waals surface area contributed by atoms with Crippen LogP contribution in [-0.2, 0) is 0 Å². The molecule has 1 aromatic carbocycles. The number of nitrogens with one attached hydrogen (secondary N) is 2. The van der Waals surface area contributed by atoms with Gasteiger partial charge >= 0.3 is 0 Å². The summed E-state index contributed by atoms with van der Waals surface area (Å²) in [5.74, 6) is -0.0581. The maximum atomic E-state index is 12.0. The van der Waals surface area contributed by atoms with Crippen LogP contribution >= 0.6 is 11.6 Å². The van der Waals surface area contributed by atoms with Gasteiger partial charge in [-0.15, -0.1) is 0 Å². The van der Waals surface area contributed by atoms with Gasteiger partial charge in [0, 0.05) is 24.2 Å². The van der Waals surface area contributed by atoms with E-state index in [2.05, 4.69) is 20.6 Å². The van der Waals surface area contributed by atoms with Gasteiger partial charge in [-0.1, -0.05) is 17.7 Å². The molecule has 0 saturated carbocycles. The second kappa shape index (κ2) is 5.11. The van der Waals surface area contributed by atoms with E-state index in [0.717, 1.165) is 24.9 Å². The number of carbonyl (C=O) groups excluding carboxylic acids is 1. The molecule has 0 aliphatic carbocycles. The zero-order chi connectivity index (χ0) is 13.2. The quantitative estimate of drug-likeness (QED) is 0.870. The van der Waals surface area contributed by atoms with Crippen molar-refractivity contribution in [3.05, 3.63) is 35.2 Å². The maximum absolute atomic E-state index is 12.0. The number of carbonyl (C=O) groups is 1. The number of nitrogens with zero attached hydrogens (tertiary/aromatic N) is 2. The molecule has 0 radical (unpaired) electrons. The predicted molar refractivity (Wildman–Crippen MR) is 73.3 cm³/mol. The van der Waals surface area contributed by atoms with Crippen molar-refractivity contribution < 1.29 is 4.79 Å². The van der Waals surface area contributed by atoms with E-state index >= 15 is 0 Å². The number of rotatable bonds is 2. The van der Waals surface area contributed by atoms with Crippen molar-refractivity contribution in [3.8, 4) is 0 Å². The van der Waals surface area contributed by atoms with Gasteiger partial charge in [-0.2, -0.15) is 0 Å². The van der Waals surface area contributed by atoms with Crippen LogP contribution in [0.25, 0.3) is 10.9 Å². The van der Waals surface area contributed by atoms with Gasteiger partial charge in [0.1, 0.15) is 0 Å². The molecule has 1 fully saturated rings. The van der Waals surface area contributed by atoms with Crippen LogP contribution in [0.3, 0.4) is 0 Å². The number of benzene rings is 1. The third-order valence-electron chi connectivity index (χ3n) is 3.17. The number of halogens is 1. The van der Waals surface area contributed by atoms with Crippen molar-refractivity contribution in [1.29, 1.82) is 0 Å². The first-order chi connectivity index (χ1) is 9.24.